The Morgan fingerprint density at radius 3 is 2.46 bits per heavy atom. The van der Waals surface area contributed by atoms with Crippen LogP contribution < -0.4 is 10.6 Å². The van der Waals surface area contributed by atoms with Crippen LogP contribution in [0.1, 0.15) is 49.4 Å². The second kappa shape index (κ2) is 7.42. The highest BCUT2D eigenvalue weighted by Gasteiger charge is 2.39. The Hall–Kier alpha value is -2.44. The molecular formula is C17H21FN2O4. The molecule has 130 valence electrons. The normalized spacial score (nSPS) is 16.2. The molecule has 0 aromatic heterocycles. The van der Waals surface area contributed by atoms with Crippen molar-refractivity contribution >= 4 is 23.5 Å². The molecule has 0 bridgehead atoms. The van der Waals surface area contributed by atoms with Crippen LogP contribution >= 0.6 is 0 Å². The molecule has 0 heterocycles. The minimum Gasteiger partial charge on any atom is -0.481 e. The van der Waals surface area contributed by atoms with E-state index in [1.807, 2.05) is 0 Å². The van der Waals surface area contributed by atoms with E-state index in [0.29, 0.717) is 12.8 Å². The Labute approximate surface area is 139 Å². The molecule has 0 spiro atoms. The van der Waals surface area contributed by atoms with Crippen LogP contribution in [-0.4, -0.2) is 29.4 Å². The van der Waals surface area contributed by atoms with Gasteiger partial charge in [-0.2, -0.15) is 0 Å². The van der Waals surface area contributed by atoms with E-state index in [1.54, 1.807) is 0 Å². The number of amides is 2. The zero-order chi connectivity index (χ0) is 17.7. The number of hydrogen-bond donors (Lipinski definition) is 3. The first-order chi connectivity index (χ1) is 11.3. The van der Waals surface area contributed by atoms with E-state index in [1.165, 1.54) is 19.1 Å². The lowest BCUT2D eigenvalue weighted by Gasteiger charge is -2.33. The number of carboxylic acids is 1. The van der Waals surface area contributed by atoms with Gasteiger partial charge in [-0.25, -0.2) is 4.39 Å². The fourth-order valence-corrected chi connectivity index (χ4v) is 3.00. The molecule has 24 heavy (non-hydrogen) atoms. The van der Waals surface area contributed by atoms with Crippen molar-refractivity contribution < 1.29 is 23.9 Å². The summed E-state index contributed by atoms with van der Waals surface area (Å²) in [4.78, 5) is 34.9. The van der Waals surface area contributed by atoms with Gasteiger partial charge in [-0.1, -0.05) is 19.3 Å². The van der Waals surface area contributed by atoms with Crippen molar-refractivity contribution in [1.29, 1.82) is 0 Å². The maximum atomic E-state index is 13.6. The molecule has 0 saturated heterocycles. The summed E-state index contributed by atoms with van der Waals surface area (Å²) in [5.41, 5.74) is -0.855. The molecule has 1 aromatic carbocycles. The van der Waals surface area contributed by atoms with Crippen LogP contribution in [0.4, 0.5) is 10.1 Å². The van der Waals surface area contributed by atoms with Crippen molar-refractivity contribution in [3.63, 3.8) is 0 Å². The van der Waals surface area contributed by atoms with E-state index in [2.05, 4.69) is 10.6 Å². The summed E-state index contributed by atoms with van der Waals surface area (Å²) < 4.78 is 13.6. The van der Waals surface area contributed by atoms with Gasteiger partial charge < -0.3 is 15.7 Å². The van der Waals surface area contributed by atoms with E-state index in [4.69, 9.17) is 0 Å². The number of nitrogens with one attached hydrogen (secondary N) is 2. The number of anilines is 1. The Balaban J connectivity index is 2.09. The van der Waals surface area contributed by atoms with Gasteiger partial charge in [0, 0.05) is 19.0 Å². The van der Waals surface area contributed by atoms with Gasteiger partial charge in [0.15, 0.2) is 0 Å². The highest BCUT2D eigenvalue weighted by molar-refractivity contribution is 5.97. The third-order valence-corrected chi connectivity index (χ3v) is 4.39. The molecule has 0 unspecified atom stereocenters. The number of carbonyl (C=O) groups excluding carboxylic acids is 2. The maximum Gasteiger partial charge on any atom is 0.311 e. The highest BCUT2D eigenvalue weighted by Crippen LogP contribution is 2.36. The van der Waals surface area contributed by atoms with Gasteiger partial charge in [-0.3, -0.25) is 14.4 Å². The van der Waals surface area contributed by atoms with Crippen molar-refractivity contribution in [1.82, 2.24) is 5.32 Å². The molecule has 1 aliphatic rings. The van der Waals surface area contributed by atoms with Crippen LogP contribution in [0, 0.1) is 11.2 Å². The Morgan fingerprint density at radius 2 is 1.88 bits per heavy atom. The summed E-state index contributed by atoms with van der Waals surface area (Å²) in [7, 11) is 0. The fraction of sp³-hybridized carbons (Fsp3) is 0.471. The summed E-state index contributed by atoms with van der Waals surface area (Å²) in [5, 5.41) is 14.5. The SMILES string of the molecule is CC(=O)Nc1cc(C(=O)NCC2(C(=O)O)CCCCC2)ccc1F. The molecule has 7 heteroatoms. The van der Waals surface area contributed by atoms with Crippen molar-refractivity contribution in [2.45, 2.75) is 39.0 Å². The van der Waals surface area contributed by atoms with E-state index in [9.17, 15) is 23.9 Å². The number of halogens is 1. The van der Waals surface area contributed by atoms with Gasteiger partial charge in [-0.05, 0) is 31.0 Å². The third kappa shape index (κ3) is 4.10. The molecule has 3 N–H and O–H groups in total. The summed E-state index contributed by atoms with van der Waals surface area (Å²) >= 11 is 0. The molecular weight excluding hydrogens is 315 g/mol. The van der Waals surface area contributed by atoms with Crippen LogP contribution in [-0.2, 0) is 9.59 Å². The Bertz CT molecular complexity index is 654. The Kier molecular flexibility index (Phi) is 5.54. The molecule has 2 rings (SSSR count). The highest BCUT2D eigenvalue weighted by atomic mass is 19.1. The third-order valence-electron chi connectivity index (χ3n) is 4.39. The molecule has 1 fully saturated rings. The second-order valence-corrected chi connectivity index (χ2v) is 6.20. The largest absolute Gasteiger partial charge is 0.481 e. The number of rotatable bonds is 5. The molecule has 1 aromatic rings. The van der Waals surface area contributed by atoms with Crippen molar-refractivity contribution in [3.8, 4) is 0 Å². The smallest absolute Gasteiger partial charge is 0.311 e. The molecule has 0 atom stereocenters. The first-order valence-electron chi connectivity index (χ1n) is 7.93. The minimum absolute atomic E-state index is 0.0357. The van der Waals surface area contributed by atoms with Crippen molar-refractivity contribution in [2.75, 3.05) is 11.9 Å². The minimum atomic E-state index is -0.936. The van der Waals surface area contributed by atoms with E-state index in [0.717, 1.165) is 25.3 Å². The maximum absolute atomic E-state index is 13.6. The summed E-state index contributed by atoms with van der Waals surface area (Å²) in [5.74, 6) is -2.48. The number of carbonyl (C=O) groups is 3. The van der Waals surface area contributed by atoms with E-state index in [-0.39, 0.29) is 17.8 Å². The molecule has 0 aliphatic heterocycles. The van der Waals surface area contributed by atoms with Gasteiger partial charge in [0.25, 0.3) is 5.91 Å². The Morgan fingerprint density at radius 1 is 1.21 bits per heavy atom. The average Bonchev–Trinajstić information content (AvgIpc) is 2.55. The zero-order valence-electron chi connectivity index (χ0n) is 13.5. The average molecular weight is 336 g/mol. The van der Waals surface area contributed by atoms with Gasteiger partial charge in [-0.15, -0.1) is 0 Å². The van der Waals surface area contributed by atoms with E-state index < -0.39 is 29.0 Å². The van der Waals surface area contributed by atoms with Crippen molar-refractivity contribution in [3.05, 3.63) is 29.6 Å². The molecule has 1 aliphatic carbocycles. The predicted molar refractivity (Wildman–Crippen MR) is 86.2 cm³/mol. The lowest BCUT2D eigenvalue weighted by Crippen LogP contribution is -2.44. The summed E-state index contributed by atoms with van der Waals surface area (Å²) in [6.45, 7) is 1.28. The van der Waals surface area contributed by atoms with Crippen LogP contribution in [0.3, 0.4) is 0 Å². The number of aliphatic carboxylic acids is 1. The summed E-state index contributed by atoms with van der Waals surface area (Å²) in [6, 6.07) is 3.62. The molecule has 6 nitrogen and oxygen atoms in total. The van der Waals surface area contributed by atoms with Crippen LogP contribution in [0.25, 0.3) is 0 Å². The first kappa shape index (κ1) is 17.9. The molecule has 0 radical (unpaired) electrons. The fourth-order valence-electron chi connectivity index (χ4n) is 3.00. The van der Waals surface area contributed by atoms with Crippen LogP contribution in [0.2, 0.25) is 0 Å². The topological polar surface area (TPSA) is 95.5 Å². The number of benzene rings is 1. The quantitative estimate of drug-likeness (QED) is 0.770. The summed E-state index contributed by atoms with van der Waals surface area (Å²) in [6.07, 6.45) is 3.71. The molecule has 2 amide bonds. The zero-order valence-corrected chi connectivity index (χ0v) is 13.5. The van der Waals surface area contributed by atoms with Crippen LogP contribution in [0.5, 0.6) is 0 Å². The van der Waals surface area contributed by atoms with Gasteiger partial charge in [0.05, 0.1) is 11.1 Å². The van der Waals surface area contributed by atoms with Gasteiger partial charge in [0.1, 0.15) is 5.82 Å². The monoisotopic (exact) mass is 336 g/mol. The first-order valence-corrected chi connectivity index (χ1v) is 7.93. The van der Waals surface area contributed by atoms with Gasteiger partial charge in [0.2, 0.25) is 5.91 Å². The van der Waals surface area contributed by atoms with Gasteiger partial charge >= 0.3 is 5.97 Å². The number of hydrogen-bond acceptors (Lipinski definition) is 3. The lowest BCUT2D eigenvalue weighted by atomic mass is 9.74. The molecule has 1 saturated carbocycles. The van der Waals surface area contributed by atoms with E-state index >= 15 is 0 Å². The lowest BCUT2D eigenvalue weighted by molar-refractivity contribution is -0.150. The number of carboxylic acid groups (broad SMARTS) is 1. The second-order valence-electron chi connectivity index (χ2n) is 6.20. The predicted octanol–water partition coefficient (Wildman–Crippen LogP) is 2.55. The van der Waals surface area contributed by atoms with Crippen LogP contribution in [0.15, 0.2) is 18.2 Å². The van der Waals surface area contributed by atoms with Crippen molar-refractivity contribution in [2.24, 2.45) is 5.41 Å². The standard InChI is InChI=1S/C17H21FN2O4/c1-11(21)20-14-9-12(5-6-13(14)18)15(22)19-10-17(16(23)24)7-3-2-4-8-17/h5-6,9H,2-4,7-8,10H2,1H3,(H,19,22)(H,20,21)(H,23,24).